The van der Waals surface area contributed by atoms with E-state index in [4.69, 9.17) is 0 Å². The van der Waals surface area contributed by atoms with E-state index in [2.05, 4.69) is 20.8 Å². The minimum atomic E-state index is -0.355. The topological polar surface area (TPSA) is 84.0 Å². The summed E-state index contributed by atoms with van der Waals surface area (Å²) in [6, 6.07) is 17.7. The quantitative estimate of drug-likeness (QED) is 0.436. The predicted octanol–water partition coefficient (Wildman–Crippen LogP) is 4.51. The number of fused-ring (bicyclic) bond motifs is 1. The zero-order valence-electron chi connectivity index (χ0n) is 16.3. The van der Waals surface area contributed by atoms with Gasteiger partial charge in [-0.05, 0) is 31.9 Å². The van der Waals surface area contributed by atoms with Gasteiger partial charge in [-0.25, -0.2) is 9.97 Å². The Morgan fingerprint density at radius 1 is 0.933 bits per heavy atom. The summed E-state index contributed by atoms with van der Waals surface area (Å²) in [5.41, 5.74) is 7.58. The Bertz CT molecular complexity index is 1150. The number of benzene rings is 2. The molecule has 2 aromatic carbocycles. The highest BCUT2D eigenvalue weighted by atomic mass is 32.1. The number of aryl methyl sites for hydroxylation is 2. The van der Waals surface area contributed by atoms with Crippen LogP contribution in [0.1, 0.15) is 33.2 Å². The molecule has 2 N–H and O–H groups in total. The molecular formula is C22H20N4O2S2. The lowest BCUT2D eigenvalue weighted by molar-refractivity contribution is -0.121. The molecule has 2 amide bonds. The second-order valence-corrected chi connectivity index (χ2v) is 8.85. The molecule has 0 saturated heterocycles. The smallest absolute Gasteiger partial charge is 0.273 e. The van der Waals surface area contributed by atoms with E-state index in [0.29, 0.717) is 23.4 Å². The number of hydrogen-bond acceptors (Lipinski definition) is 6. The molecule has 0 atom stereocenters. The summed E-state index contributed by atoms with van der Waals surface area (Å²) in [5, 5.41) is 1.79. The van der Waals surface area contributed by atoms with Crippen molar-refractivity contribution < 1.29 is 9.59 Å². The molecule has 0 bridgehead atoms. The lowest BCUT2D eigenvalue weighted by atomic mass is 10.2. The molecule has 6 nitrogen and oxygen atoms in total. The Hall–Kier alpha value is -3.10. The number of nitrogens with one attached hydrogen (secondary N) is 2. The lowest BCUT2D eigenvalue weighted by Gasteiger charge is -2.06. The van der Waals surface area contributed by atoms with Crippen LogP contribution in [-0.4, -0.2) is 21.8 Å². The van der Waals surface area contributed by atoms with Gasteiger partial charge in [-0.15, -0.1) is 22.7 Å². The fourth-order valence-electron chi connectivity index (χ4n) is 2.98. The molecule has 0 radical (unpaired) electrons. The molecule has 0 aliphatic carbocycles. The van der Waals surface area contributed by atoms with Crippen molar-refractivity contribution in [3.8, 4) is 10.6 Å². The third kappa shape index (κ3) is 4.72. The molecule has 152 valence electrons. The Kier molecular flexibility index (Phi) is 6.15. The van der Waals surface area contributed by atoms with Gasteiger partial charge in [0.1, 0.15) is 9.88 Å². The van der Waals surface area contributed by atoms with E-state index >= 15 is 0 Å². The largest absolute Gasteiger partial charge is 0.281 e. The Balaban J connectivity index is 1.26. The summed E-state index contributed by atoms with van der Waals surface area (Å²) in [4.78, 5) is 34.1. The van der Waals surface area contributed by atoms with E-state index in [1.54, 1.807) is 18.3 Å². The standard InChI is InChI=1S/C22H20N4O2S2/c1-14-20(30-22(23-14)15-8-3-2-4-9-15)21(28)26-25-18(27)12-7-13-19-24-16-10-5-6-11-17(16)29-19/h2-6,8-11H,7,12-13H2,1H3,(H,25,27)(H,26,28). The number of amides is 2. The number of carbonyl (C=O) groups is 2. The van der Waals surface area contributed by atoms with Crippen molar-refractivity contribution in [1.29, 1.82) is 0 Å². The van der Waals surface area contributed by atoms with Gasteiger partial charge in [-0.3, -0.25) is 20.4 Å². The van der Waals surface area contributed by atoms with Gasteiger partial charge in [-0.1, -0.05) is 42.5 Å². The van der Waals surface area contributed by atoms with Crippen LogP contribution < -0.4 is 10.9 Å². The normalized spacial score (nSPS) is 10.8. The highest BCUT2D eigenvalue weighted by Crippen LogP contribution is 2.27. The van der Waals surface area contributed by atoms with Crippen LogP contribution in [0.2, 0.25) is 0 Å². The number of para-hydroxylation sites is 1. The van der Waals surface area contributed by atoms with Gasteiger partial charge in [0, 0.05) is 12.0 Å². The van der Waals surface area contributed by atoms with E-state index in [9.17, 15) is 9.59 Å². The predicted molar refractivity (Wildman–Crippen MR) is 120 cm³/mol. The van der Waals surface area contributed by atoms with Crippen LogP contribution in [0.25, 0.3) is 20.8 Å². The molecule has 4 rings (SSSR count). The third-order valence-corrected chi connectivity index (χ3v) is 6.77. The maximum absolute atomic E-state index is 12.4. The molecular weight excluding hydrogens is 416 g/mol. The fourth-order valence-corrected chi connectivity index (χ4v) is 4.96. The molecule has 0 aliphatic heterocycles. The summed E-state index contributed by atoms with van der Waals surface area (Å²) in [6.45, 7) is 1.79. The third-order valence-electron chi connectivity index (χ3n) is 4.47. The van der Waals surface area contributed by atoms with E-state index in [-0.39, 0.29) is 11.8 Å². The molecule has 0 fully saturated rings. The minimum absolute atomic E-state index is 0.227. The van der Waals surface area contributed by atoms with Crippen LogP contribution in [0.15, 0.2) is 54.6 Å². The first-order valence-electron chi connectivity index (χ1n) is 9.56. The molecule has 0 aliphatic rings. The average Bonchev–Trinajstić information content (AvgIpc) is 3.35. The second kappa shape index (κ2) is 9.15. The van der Waals surface area contributed by atoms with E-state index in [0.717, 1.165) is 32.2 Å². The molecule has 8 heteroatoms. The zero-order valence-corrected chi connectivity index (χ0v) is 18.0. The van der Waals surface area contributed by atoms with Crippen molar-refractivity contribution in [2.24, 2.45) is 0 Å². The highest BCUT2D eigenvalue weighted by Gasteiger charge is 2.16. The molecule has 30 heavy (non-hydrogen) atoms. The first kappa shape index (κ1) is 20.2. The maximum Gasteiger partial charge on any atom is 0.281 e. The number of thiazole rings is 2. The minimum Gasteiger partial charge on any atom is -0.273 e. The molecule has 0 spiro atoms. The van der Waals surface area contributed by atoms with Crippen molar-refractivity contribution >= 4 is 44.7 Å². The second-order valence-electron chi connectivity index (χ2n) is 6.73. The van der Waals surface area contributed by atoms with E-state index < -0.39 is 0 Å². The average molecular weight is 437 g/mol. The van der Waals surface area contributed by atoms with Crippen LogP contribution >= 0.6 is 22.7 Å². The Labute approximate surface area is 182 Å². The van der Waals surface area contributed by atoms with Crippen molar-refractivity contribution in [2.45, 2.75) is 26.2 Å². The van der Waals surface area contributed by atoms with Crippen LogP contribution in [0.4, 0.5) is 0 Å². The van der Waals surface area contributed by atoms with Gasteiger partial charge >= 0.3 is 0 Å². The molecule has 2 heterocycles. The van der Waals surface area contributed by atoms with Gasteiger partial charge in [0.15, 0.2) is 0 Å². The summed E-state index contributed by atoms with van der Waals surface area (Å²) in [5.74, 6) is -0.582. The summed E-state index contributed by atoms with van der Waals surface area (Å²) in [7, 11) is 0. The molecule has 2 aromatic heterocycles. The van der Waals surface area contributed by atoms with E-state index in [1.807, 2.05) is 54.6 Å². The van der Waals surface area contributed by atoms with Crippen molar-refractivity contribution in [3.63, 3.8) is 0 Å². The van der Waals surface area contributed by atoms with Crippen LogP contribution in [0.5, 0.6) is 0 Å². The number of rotatable bonds is 6. The lowest BCUT2D eigenvalue weighted by Crippen LogP contribution is -2.41. The summed E-state index contributed by atoms with van der Waals surface area (Å²) < 4.78 is 1.15. The van der Waals surface area contributed by atoms with Gasteiger partial charge in [0.25, 0.3) is 5.91 Å². The first-order chi connectivity index (χ1) is 14.6. The Morgan fingerprint density at radius 2 is 1.70 bits per heavy atom. The van der Waals surface area contributed by atoms with Gasteiger partial charge < -0.3 is 0 Å². The number of aromatic nitrogens is 2. The molecule has 0 unspecified atom stereocenters. The molecule has 0 saturated carbocycles. The van der Waals surface area contributed by atoms with E-state index in [1.165, 1.54) is 11.3 Å². The van der Waals surface area contributed by atoms with Crippen LogP contribution in [0.3, 0.4) is 0 Å². The summed E-state index contributed by atoms with van der Waals surface area (Å²) in [6.07, 6.45) is 1.71. The SMILES string of the molecule is Cc1nc(-c2ccccc2)sc1C(=O)NNC(=O)CCCc1nc2ccccc2s1. The molecule has 4 aromatic rings. The number of carbonyl (C=O) groups excluding carboxylic acids is 2. The number of nitrogens with zero attached hydrogens (tertiary/aromatic N) is 2. The number of hydrogen-bond donors (Lipinski definition) is 2. The van der Waals surface area contributed by atoms with Gasteiger partial charge in [-0.2, -0.15) is 0 Å². The summed E-state index contributed by atoms with van der Waals surface area (Å²) >= 11 is 2.96. The Morgan fingerprint density at radius 3 is 2.50 bits per heavy atom. The van der Waals surface area contributed by atoms with Crippen molar-refractivity contribution in [1.82, 2.24) is 20.8 Å². The van der Waals surface area contributed by atoms with Crippen molar-refractivity contribution in [3.05, 3.63) is 70.2 Å². The monoisotopic (exact) mass is 436 g/mol. The van der Waals surface area contributed by atoms with Gasteiger partial charge in [0.05, 0.1) is 20.9 Å². The van der Waals surface area contributed by atoms with Crippen LogP contribution in [-0.2, 0) is 11.2 Å². The van der Waals surface area contributed by atoms with Crippen molar-refractivity contribution in [2.75, 3.05) is 0 Å². The maximum atomic E-state index is 12.4. The van der Waals surface area contributed by atoms with Crippen LogP contribution in [0, 0.1) is 6.92 Å². The fraction of sp³-hybridized carbons (Fsp3) is 0.182. The highest BCUT2D eigenvalue weighted by molar-refractivity contribution is 7.18. The first-order valence-corrected chi connectivity index (χ1v) is 11.2. The van der Waals surface area contributed by atoms with Gasteiger partial charge in [0.2, 0.25) is 5.91 Å². The zero-order chi connectivity index (χ0) is 20.9. The number of hydrazine groups is 1.